The molecule has 0 bridgehead atoms. The van der Waals surface area contributed by atoms with Crippen LogP contribution in [0.2, 0.25) is 0 Å². The predicted molar refractivity (Wildman–Crippen MR) is 52.9 cm³/mol. The van der Waals surface area contributed by atoms with Crippen LogP contribution >= 0.6 is 0 Å². The molecule has 0 unspecified atom stereocenters. The highest BCUT2D eigenvalue weighted by Gasteiger charge is 2.27. The van der Waals surface area contributed by atoms with E-state index in [2.05, 4.69) is 11.2 Å². The van der Waals surface area contributed by atoms with E-state index in [1.807, 2.05) is 13.8 Å². The highest BCUT2D eigenvalue weighted by Crippen LogP contribution is 2.29. The summed E-state index contributed by atoms with van der Waals surface area (Å²) in [5.41, 5.74) is -0.307. The van der Waals surface area contributed by atoms with Crippen molar-refractivity contribution in [2.24, 2.45) is 0 Å². The van der Waals surface area contributed by atoms with Crippen LogP contribution in [0.3, 0.4) is 0 Å². The Morgan fingerprint density at radius 1 is 1.57 bits per heavy atom. The van der Waals surface area contributed by atoms with Gasteiger partial charge in [0.1, 0.15) is 5.69 Å². The standard InChI is InChI=1S/C10H15N3O/c1-7(2)13-5-8(14)9(12-13)10(3,4)6-11/h5,7,14H,1-4H3. The first-order valence-electron chi connectivity index (χ1n) is 4.58. The molecule has 1 heterocycles. The second kappa shape index (κ2) is 3.33. The van der Waals surface area contributed by atoms with Crippen LogP contribution in [0.15, 0.2) is 6.20 Å². The van der Waals surface area contributed by atoms with Gasteiger partial charge in [-0.15, -0.1) is 0 Å². The minimum Gasteiger partial charge on any atom is -0.504 e. The molecule has 1 aromatic heterocycles. The number of aromatic nitrogens is 2. The summed E-state index contributed by atoms with van der Waals surface area (Å²) in [4.78, 5) is 0. The Balaban J connectivity index is 3.19. The molecule has 76 valence electrons. The van der Waals surface area contributed by atoms with Crippen LogP contribution < -0.4 is 0 Å². The Kier molecular flexibility index (Phi) is 2.52. The molecule has 14 heavy (non-hydrogen) atoms. The molecule has 0 aliphatic carbocycles. The first-order chi connectivity index (χ1) is 6.38. The minimum absolute atomic E-state index is 0.0882. The van der Waals surface area contributed by atoms with Crippen molar-refractivity contribution in [1.29, 1.82) is 5.26 Å². The maximum Gasteiger partial charge on any atom is 0.158 e. The normalized spacial score (nSPS) is 11.7. The quantitative estimate of drug-likeness (QED) is 0.781. The van der Waals surface area contributed by atoms with Gasteiger partial charge in [0.25, 0.3) is 0 Å². The monoisotopic (exact) mass is 193 g/mol. The Bertz CT molecular complexity index is 371. The number of nitriles is 1. The first kappa shape index (κ1) is 10.6. The summed E-state index contributed by atoms with van der Waals surface area (Å²) < 4.78 is 1.66. The van der Waals surface area contributed by atoms with Gasteiger partial charge in [-0.1, -0.05) is 0 Å². The second-order valence-electron chi connectivity index (χ2n) is 4.17. The van der Waals surface area contributed by atoms with E-state index in [1.54, 1.807) is 24.7 Å². The van der Waals surface area contributed by atoms with E-state index >= 15 is 0 Å². The maximum atomic E-state index is 9.61. The predicted octanol–water partition coefficient (Wildman–Crippen LogP) is 1.97. The largest absolute Gasteiger partial charge is 0.504 e. The molecule has 1 aromatic rings. The Morgan fingerprint density at radius 2 is 2.14 bits per heavy atom. The summed E-state index contributed by atoms with van der Waals surface area (Å²) in [5.74, 6) is 0.0882. The summed E-state index contributed by atoms with van der Waals surface area (Å²) in [7, 11) is 0. The third-order valence-electron chi connectivity index (χ3n) is 2.11. The molecule has 0 aliphatic rings. The second-order valence-corrected chi connectivity index (χ2v) is 4.17. The Morgan fingerprint density at radius 3 is 2.50 bits per heavy atom. The van der Waals surface area contributed by atoms with Gasteiger partial charge in [0.05, 0.1) is 17.7 Å². The van der Waals surface area contributed by atoms with Crippen LogP contribution in [0.1, 0.15) is 39.4 Å². The summed E-state index contributed by atoms with van der Waals surface area (Å²) in [6.07, 6.45) is 1.55. The number of nitrogens with zero attached hydrogens (tertiary/aromatic N) is 3. The van der Waals surface area contributed by atoms with Gasteiger partial charge >= 0.3 is 0 Å². The zero-order valence-electron chi connectivity index (χ0n) is 8.94. The van der Waals surface area contributed by atoms with E-state index in [9.17, 15) is 5.11 Å². The average molecular weight is 193 g/mol. The minimum atomic E-state index is -0.746. The topological polar surface area (TPSA) is 61.8 Å². The number of rotatable bonds is 2. The Hall–Kier alpha value is -1.50. The van der Waals surface area contributed by atoms with Gasteiger partial charge in [-0.2, -0.15) is 10.4 Å². The smallest absolute Gasteiger partial charge is 0.158 e. The van der Waals surface area contributed by atoms with Gasteiger partial charge in [-0.05, 0) is 27.7 Å². The van der Waals surface area contributed by atoms with Gasteiger partial charge in [0.15, 0.2) is 5.75 Å². The number of hydrogen-bond donors (Lipinski definition) is 1. The molecular formula is C10H15N3O. The maximum absolute atomic E-state index is 9.61. The van der Waals surface area contributed by atoms with Crippen LogP contribution in [-0.4, -0.2) is 14.9 Å². The lowest BCUT2D eigenvalue weighted by molar-refractivity contribution is 0.456. The fourth-order valence-electron chi connectivity index (χ4n) is 1.14. The Labute approximate surface area is 83.8 Å². The number of hydrogen-bond acceptors (Lipinski definition) is 3. The fraction of sp³-hybridized carbons (Fsp3) is 0.600. The summed E-state index contributed by atoms with van der Waals surface area (Å²) in [5, 5.41) is 22.7. The van der Waals surface area contributed by atoms with Crippen molar-refractivity contribution in [3.8, 4) is 11.8 Å². The van der Waals surface area contributed by atoms with Crippen molar-refractivity contribution in [3.63, 3.8) is 0 Å². The van der Waals surface area contributed by atoms with Crippen molar-refractivity contribution in [1.82, 2.24) is 9.78 Å². The summed E-state index contributed by atoms with van der Waals surface area (Å²) in [6, 6.07) is 2.30. The summed E-state index contributed by atoms with van der Waals surface area (Å²) >= 11 is 0. The molecule has 1 rings (SSSR count). The molecule has 0 atom stereocenters. The van der Waals surface area contributed by atoms with Gasteiger partial charge < -0.3 is 5.11 Å². The van der Waals surface area contributed by atoms with Crippen molar-refractivity contribution in [3.05, 3.63) is 11.9 Å². The van der Waals surface area contributed by atoms with Crippen LogP contribution in [0.25, 0.3) is 0 Å². The highest BCUT2D eigenvalue weighted by molar-refractivity contribution is 5.34. The molecule has 0 aliphatic heterocycles. The molecular weight excluding hydrogens is 178 g/mol. The van der Waals surface area contributed by atoms with Crippen LogP contribution in [0, 0.1) is 11.3 Å². The van der Waals surface area contributed by atoms with E-state index in [0.29, 0.717) is 5.69 Å². The van der Waals surface area contributed by atoms with Gasteiger partial charge in [0.2, 0.25) is 0 Å². The van der Waals surface area contributed by atoms with E-state index in [-0.39, 0.29) is 11.8 Å². The lowest BCUT2D eigenvalue weighted by atomic mass is 9.91. The lowest BCUT2D eigenvalue weighted by Gasteiger charge is -2.12. The van der Waals surface area contributed by atoms with Crippen molar-refractivity contribution in [2.75, 3.05) is 0 Å². The zero-order valence-corrected chi connectivity index (χ0v) is 8.94. The SMILES string of the molecule is CC(C)n1cc(O)c(C(C)(C)C#N)n1. The molecule has 1 N–H and O–H groups in total. The number of aromatic hydroxyl groups is 1. The molecule has 0 fully saturated rings. The molecule has 0 spiro atoms. The van der Waals surface area contributed by atoms with Crippen molar-refractivity contribution < 1.29 is 5.11 Å². The molecule has 4 heteroatoms. The van der Waals surface area contributed by atoms with Gasteiger partial charge in [-0.25, -0.2) is 0 Å². The lowest BCUT2D eigenvalue weighted by Crippen LogP contribution is -2.16. The van der Waals surface area contributed by atoms with Crippen molar-refractivity contribution in [2.45, 2.75) is 39.2 Å². The van der Waals surface area contributed by atoms with Crippen molar-refractivity contribution >= 4 is 0 Å². The molecule has 0 saturated heterocycles. The fourth-order valence-corrected chi connectivity index (χ4v) is 1.14. The van der Waals surface area contributed by atoms with E-state index in [0.717, 1.165) is 0 Å². The van der Waals surface area contributed by atoms with Gasteiger partial charge in [0, 0.05) is 6.04 Å². The summed E-state index contributed by atoms with van der Waals surface area (Å²) in [6.45, 7) is 7.41. The van der Waals surface area contributed by atoms with E-state index in [1.165, 1.54) is 0 Å². The highest BCUT2D eigenvalue weighted by atomic mass is 16.3. The first-order valence-corrected chi connectivity index (χ1v) is 4.58. The molecule has 0 amide bonds. The molecule has 0 saturated carbocycles. The van der Waals surface area contributed by atoms with Crippen LogP contribution in [-0.2, 0) is 5.41 Å². The molecule has 0 radical (unpaired) electrons. The van der Waals surface area contributed by atoms with Gasteiger partial charge in [-0.3, -0.25) is 4.68 Å². The van der Waals surface area contributed by atoms with E-state index in [4.69, 9.17) is 5.26 Å². The zero-order chi connectivity index (χ0) is 10.9. The van der Waals surface area contributed by atoms with Crippen LogP contribution in [0.4, 0.5) is 0 Å². The van der Waals surface area contributed by atoms with Crippen LogP contribution in [0.5, 0.6) is 5.75 Å². The average Bonchev–Trinajstić information content (AvgIpc) is 2.48. The molecule has 0 aromatic carbocycles. The molecule has 4 nitrogen and oxygen atoms in total. The van der Waals surface area contributed by atoms with E-state index < -0.39 is 5.41 Å². The third kappa shape index (κ3) is 1.72. The third-order valence-corrected chi connectivity index (χ3v) is 2.11.